The minimum Gasteiger partial charge on any atom is -0.248 e. The fourth-order valence-electron chi connectivity index (χ4n) is 1.41. The van der Waals surface area contributed by atoms with Gasteiger partial charge in [-0.15, -0.1) is 0 Å². The summed E-state index contributed by atoms with van der Waals surface area (Å²) in [5.41, 5.74) is 0.787. The second-order valence-corrected chi connectivity index (χ2v) is 3.95. The van der Waals surface area contributed by atoms with Crippen molar-refractivity contribution in [3.05, 3.63) is 42.2 Å². The molecule has 0 saturated heterocycles. The lowest BCUT2D eigenvalue weighted by Crippen LogP contribution is -1.76. The van der Waals surface area contributed by atoms with Gasteiger partial charge in [0.05, 0.1) is 0 Å². The molecule has 0 N–H and O–H groups in total. The van der Waals surface area contributed by atoms with E-state index < -0.39 is 0 Å². The zero-order valence-electron chi connectivity index (χ0n) is 10.9. The molecular weight excluding hydrogens is 218 g/mol. The van der Waals surface area contributed by atoms with Crippen molar-refractivity contribution < 1.29 is 0 Å². The minimum absolute atomic E-state index is 0.787. The molecule has 0 bridgehead atoms. The van der Waals surface area contributed by atoms with Crippen LogP contribution in [0.5, 0.6) is 0 Å². The van der Waals surface area contributed by atoms with E-state index in [4.69, 9.17) is 0 Å². The van der Waals surface area contributed by atoms with Crippen LogP contribution in [0.3, 0.4) is 0 Å². The largest absolute Gasteiger partial charge is 0.248 e. The number of unbranched alkanes of at least 4 members (excludes halogenated alkanes) is 4. The molecule has 1 aromatic rings. The Labute approximate surface area is 110 Å². The van der Waals surface area contributed by atoms with E-state index in [1.807, 2.05) is 18.2 Å². The molecule has 0 spiro atoms. The predicted molar refractivity (Wildman–Crippen MR) is 76.8 cm³/mol. The van der Waals surface area contributed by atoms with E-state index >= 15 is 0 Å². The first-order chi connectivity index (χ1) is 8.93. The Hall–Kier alpha value is -1.99. The van der Waals surface area contributed by atoms with Crippen LogP contribution in [0.1, 0.15) is 44.7 Å². The highest BCUT2D eigenvalue weighted by molar-refractivity contribution is 5.33. The van der Waals surface area contributed by atoms with E-state index in [0.717, 1.165) is 12.1 Å². The first kappa shape index (κ1) is 14.1. The Kier molecular flexibility index (Phi) is 7.96. The lowest BCUT2D eigenvalue weighted by Gasteiger charge is -1.91. The highest BCUT2D eigenvalue weighted by atomic mass is 14.6. The zero-order chi connectivity index (χ0) is 12.9. The molecule has 1 heterocycles. The fourth-order valence-corrected chi connectivity index (χ4v) is 1.41. The van der Waals surface area contributed by atoms with Crippen molar-refractivity contribution in [2.75, 3.05) is 0 Å². The highest BCUT2D eigenvalue weighted by Gasteiger charge is 1.83. The Bertz CT molecular complexity index is 463. The third kappa shape index (κ3) is 7.31. The van der Waals surface area contributed by atoms with Crippen molar-refractivity contribution in [2.24, 2.45) is 0 Å². The molecule has 0 radical (unpaired) electrons. The molecule has 0 aliphatic heterocycles. The number of hydrogen-bond donors (Lipinski definition) is 0. The number of allylic oxidation sites excluding steroid dienone is 2. The first-order valence-electron chi connectivity index (χ1n) is 6.49. The van der Waals surface area contributed by atoms with Crippen molar-refractivity contribution >= 4 is 0 Å². The second kappa shape index (κ2) is 10.2. The van der Waals surface area contributed by atoms with Crippen molar-refractivity contribution in [2.45, 2.75) is 39.0 Å². The van der Waals surface area contributed by atoms with Gasteiger partial charge in [0.25, 0.3) is 0 Å². The van der Waals surface area contributed by atoms with Gasteiger partial charge in [-0.2, -0.15) is 0 Å². The van der Waals surface area contributed by atoms with Crippen LogP contribution < -0.4 is 0 Å². The maximum absolute atomic E-state index is 4.11. The smallest absolute Gasteiger partial charge is 0.113 e. The van der Waals surface area contributed by atoms with Crippen molar-refractivity contribution in [3.8, 4) is 23.7 Å². The first-order valence-corrected chi connectivity index (χ1v) is 6.49. The summed E-state index contributed by atoms with van der Waals surface area (Å²) in [7, 11) is 0. The average molecular weight is 237 g/mol. The maximum atomic E-state index is 4.11. The van der Waals surface area contributed by atoms with E-state index in [1.165, 1.54) is 25.7 Å². The highest BCUT2D eigenvalue weighted by Crippen LogP contribution is 2.00. The number of hydrogen-bond acceptors (Lipinski definition) is 1. The van der Waals surface area contributed by atoms with Crippen LogP contribution in [-0.4, -0.2) is 4.98 Å². The Morgan fingerprint density at radius 1 is 1.11 bits per heavy atom. The average Bonchev–Trinajstić information content (AvgIpc) is 2.42. The molecule has 0 amide bonds. The van der Waals surface area contributed by atoms with Gasteiger partial charge in [0.15, 0.2) is 0 Å². The molecule has 18 heavy (non-hydrogen) atoms. The number of aromatic nitrogens is 1. The molecule has 0 aliphatic carbocycles. The number of rotatable bonds is 4. The summed E-state index contributed by atoms with van der Waals surface area (Å²) in [5, 5.41) is 0. The fraction of sp³-hybridized carbons (Fsp3) is 0.353. The van der Waals surface area contributed by atoms with Crippen LogP contribution in [0.15, 0.2) is 36.5 Å². The van der Waals surface area contributed by atoms with Gasteiger partial charge in [0, 0.05) is 12.6 Å². The monoisotopic (exact) mass is 237 g/mol. The van der Waals surface area contributed by atoms with Crippen LogP contribution in [0.2, 0.25) is 0 Å². The van der Waals surface area contributed by atoms with Gasteiger partial charge >= 0.3 is 0 Å². The van der Waals surface area contributed by atoms with Crippen LogP contribution in [0.25, 0.3) is 0 Å². The number of pyridine rings is 1. The zero-order valence-corrected chi connectivity index (χ0v) is 10.9. The van der Waals surface area contributed by atoms with Gasteiger partial charge < -0.3 is 0 Å². The summed E-state index contributed by atoms with van der Waals surface area (Å²) in [5.74, 6) is 12.0. The number of nitrogens with zero attached hydrogens (tertiary/aromatic N) is 1. The Balaban J connectivity index is 2.22. The molecule has 1 heteroatoms. The van der Waals surface area contributed by atoms with Gasteiger partial charge in [0.2, 0.25) is 0 Å². The SMILES string of the molecule is CCCCCCC#CC=CC#Cc1ccccn1. The van der Waals surface area contributed by atoms with E-state index in [2.05, 4.69) is 35.6 Å². The van der Waals surface area contributed by atoms with E-state index in [9.17, 15) is 0 Å². The van der Waals surface area contributed by atoms with Gasteiger partial charge in [-0.3, -0.25) is 0 Å². The molecule has 0 atom stereocenters. The van der Waals surface area contributed by atoms with Crippen LogP contribution in [-0.2, 0) is 0 Å². The quantitative estimate of drug-likeness (QED) is 0.570. The van der Waals surface area contributed by atoms with Crippen LogP contribution in [0.4, 0.5) is 0 Å². The molecular formula is C17H19N. The lowest BCUT2D eigenvalue weighted by molar-refractivity contribution is 0.679. The standard InChI is InChI=1S/C17H19N/c1-2-3-4-5-6-7-8-9-10-11-14-17-15-12-13-16-18-17/h9-10,12-13,15-16H,2-6H2,1H3. The van der Waals surface area contributed by atoms with Gasteiger partial charge in [-0.25, -0.2) is 4.98 Å². The summed E-state index contributed by atoms with van der Waals surface area (Å²) in [6, 6.07) is 5.70. The second-order valence-electron chi connectivity index (χ2n) is 3.95. The third-order valence-corrected chi connectivity index (χ3v) is 2.37. The summed E-state index contributed by atoms with van der Waals surface area (Å²) in [4.78, 5) is 4.11. The topological polar surface area (TPSA) is 12.9 Å². The third-order valence-electron chi connectivity index (χ3n) is 2.37. The van der Waals surface area contributed by atoms with Gasteiger partial charge in [-0.1, -0.05) is 50.0 Å². The maximum Gasteiger partial charge on any atom is 0.113 e. The van der Waals surface area contributed by atoms with E-state index in [1.54, 1.807) is 18.3 Å². The summed E-state index contributed by atoms with van der Waals surface area (Å²) < 4.78 is 0. The van der Waals surface area contributed by atoms with E-state index in [-0.39, 0.29) is 0 Å². The molecule has 1 rings (SSSR count). The molecule has 0 unspecified atom stereocenters. The van der Waals surface area contributed by atoms with E-state index in [0.29, 0.717) is 0 Å². The lowest BCUT2D eigenvalue weighted by atomic mass is 10.2. The van der Waals surface area contributed by atoms with Crippen LogP contribution in [0, 0.1) is 23.7 Å². The van der Waals surface area contributed by atoms with Crippen molar-refractivity contribution in [1.29, 1.82) is 0 Å². The molecule has 0 fully saturated rings. The molecule has 1 aromatic heterocycles. The van der Waals surface area contributed by atoms with Crippen molar-refractivity contribution in [3.63, 3.8) is 0 Å². The van der Waals surface area contributed by atoms with Gasteiger partial charge in [0.1, 0.15) is 5.69 Å². The molecule has 0 aromatic carbocycles. The molecule has 0 saturated carbocycles. The Morgan fingerprint density at radius 2 is 2.00 bits per heavy atom. The van der Waals surface area contributed by atoms with Gasteiger partial charge in [-0.05, 0) is 36.6 Å². The summed E-state index contributed by atoms with van der Waals surface area (Å²) in [6.45, 7) is 2.22. The minimum atomic E-state index is 0.787. The van der Waals surface area contributed by atoms with Crippen LogP contribution >= 0.6 is 0 Å². The molecule has 92 valence electrons. The van der Waals surface area contributed by atoms with Crippen molar-refractivity contribution in [1.82, 2.24) is 4.98 Å². The molecule has 0 aliphatic rings. The normalized spacial score (nSPS) is 9.39. The molecule has 1 nitrogen and oxygen atoms in total. The predicted octanol–water partition coefficient (Wildman–Crippen LogP) is 3.96. The summed E-state index contributed by atoms with van der Waals surface area (Å²) >= 11 is 0. The Morgan fingerprint density at radius 3 is 2.78 bits per heavy atom. The summed E-state index contributed by atoms with van der Waals surface area (Å²) in [6.07, 6.45) is 11.4.